The van der Waals surface area contributed by atoms with E-state index in [1.165, 1.54) is 12.8 Å². The fourth-order valence-corrected chi connectivity index (χ4v) is 2.52. The van der Waals surface area contributed by atoms with E-state index in [-0.39, 0.29) is 0 Å². The second-order valence-corrected chi connectivity index (χ2v) is 4.43. The number of ketones is 1. The van der Waals surface area contributed by atoms with E-state index in [2.05, 4.69) is 19.1 Å². The predicted molar refractivity (Wildman–Crippen MR) is 48.8 cm³/mol. The van der Waals surface area contributed by atoms with Crippen molar-refractivity contribution in [2.45, 2.75) is 39.0 Å². The first-order valence-corrected chi connectivity index (χ1v) is 4.90. The third-order valence-corrected chi connectivity index (χ3v) is 3.53. The summed E-state index contributed by atoms with van der Waals surface area (Å²) < 4.78 is 0. The number of rotatable bonds is 0. The van der Waals surface area contributed by atoms with Crippen LogP contribution in [-0.4, -0.2) is 5.78 Å². The zero-order valence-electron chi connectivity index (χ0n) is 7.68. The predicted octanol–water partition coefficient (Wildman–Crippen LogP) is 2.71. The zero-order chi connectivity index (χ0) is 8.60. The molecule has 2 aliphatic carbocycles. The van der Waals surface area contributed by atoms with Crippen LogP contribution in [0, 0.1) is 11.3 Å². The highest BCUT2D eigenvalue weighted by Gasteiger charge is 2.38. The van der Waals surface area contributed by atoms with Crippen molar-refractivity contribution in [3.05, 3.63) is 12.2 Å². The van der Waals surface area contributed by atoms with E-state index in [9.17, 15) is 4.79 Å². The van der Waals surface area contributed by atoms with Crippen molar-refractivity contribution in [3.63, 3.8) is 0 Å². The average molecular weight is 164 g/mol. The van der Waals surface area contributed by atoms with Gasteiger partial charge >= 0.3 is 0 Å². The topological polar surface area (TPSA) is 17.1 Å². The molecule has 0 aromatic heterocycles. The molecule has 0 N–H and O–H groups in total. The van der Waals surface area contributed by atoms with Crippen molar-refractivity contribution in [2.24, 2.45) is 11.3 Å². The molecular weight excluding hydrogens is 148 g/mol. The smallest absolute Gasteiger partial charge is 0.133 e. The lowest BCUT2D eigenvalue weighted by atomic mass is 9.63. The number of carbonyl (C=O) groups is 1. The molecule has 0 saturated heterocycles. The Morgan fingerprint density at radius 1 is 1.58 bits per heavy atom. The third-order valence-electron chi connectivity index (χ3n) is 3.53. The van der Waals surface area contributed by atoms with Crippen molar-refractivity contribution < 1.29 is 4.79 Å². The Morgan fingerprint density at radius 2 is 2.42 bits per heavy atom. The summed E-state index contributed by atoms with van der Waals surface area (Å²) in [5.41, 5.74) is 0.353. The molecule has 2 aliphatic rings. The van der Waals surface area contributed by atoms with Gasteiger partial charge in [-0.25, -0.2) is 0 Å². The van der Waals surface area contributed by atoms with Crippen molar-refractivity contribution >= 4 is 5.78 Å². The normalized spacial score (nSPS) is 41.1. The molecule has 0 amide bonds. The van der Waals surface area contributed by atoms with Crippen LogP contribution in [0.1, 0.15) is 39.0 Å². The Morgan fingerprint density at radius 3 is 3.25 bits per heavy atom. The van der Waals surface area contributed by atoms with Crippen LogP contribution in [0.15, 0.2) is 12.2 Å². The van der Waals surface area contributed by atoms with Gasteiger partial charge in [0.05, 0.1) is 0 Å². The molecular formula is C11H16O. The fraction of sp³-hybridized carbons (Fsp3) is 0.727. The quantitative estimate of drug-likeness (QED) is 0.503. The zero-order valence-corrected chi connectivity index (χ0v) is 7.68. The second-order valence-electron chi connectivity index (χ2n) is 4.43. The molecule has 0 heterocycles. The number of allylic oxidation sites excluding steroid dienone is 2. The van der Waals surface area contributed by atoms with Crippen molar-refractivity contribution in [2.75, 3.05) is 0 Å². The monoisotopic (exact) mass is 164 g/mol. The summed E-state index contributed by atoms with van der Waals surface area (Å²) in [5.74, 6) is 1.12. The highest BCUT2D eigenvalue weighted by Crippen LogP contribution is 2.45. The summed E-state index contributed by atoms with van der Waals surface area (Å²) in [6, 6.07) is 0. The van der Waals surface area contributed by atoms with Gasteiger partial charge in [-0.05, 0) is 30.6 Å². The Bertz CT molecular complexity index is 229. The van der Waals surface area contributed by atoms with Crippen LogP contribution < -0.4 is 0 Å². The van der Waals surface area contributed by atoms with Gasteiger partial charge in [0.1, 0.15) is 5.78 Å². The first-order valence-electron chi connectivity index (χ1n) is 4.90. The second kappa shape index (κ2) is 2.72. The van der Waals surface area contributed by atoms with Crippen LogP contribution in [0.25, 0.3) is 0 Å². The first kappa shape index (κ1) is 8.03. The van der Waals surface area contributed by atoms with Crippen LogP contribution in [-0.2, 0) is 4.79 Å². The largest absolute Gasteiger partial charge is 0.300 e. The molecule has 0 aromatic carbocycles. The standard InChI is InChI=1S/C11H16O/c1-11-6-3-2-4-9(11)8-10(12)5-7-11/h3,6,9H,2,4-5,7-8H2,1H3/t9-,11+/m0/s1. The maximum Gasteiger partial charge on any atom is 0.133 e. The molecule has 1 nitrogen and oxygen atoms in total. The minimum absolute atomic E-state index is 0.353. The Labute approximate surface area is 73.8 Å². The van der Waals surface area contributed by atoms with E-state index < -0.39 is 0 Å². The van der Waals surface area contributed by atoms with Crippen LogP contribution in [0.5, 0.6) is 0 Å². The highest BCUT2D eigenvalue weighted by molar-refractivity contribution is 5.79. The summed E-state index contributed by atoms with van der Waals surface area (Å²) >= 11 is 0. The maximum atomic E-state index is 11.2. The Balaban J connectivity index is 2.20. The van der Waals surface area contributed by atoms with Crippen LogP contribution in [0.2, 0.25) is 0 Å². The summed E-state index contributed by atoms with van der Waals surface area (Å²) in [4.78, 5) is 11.2. The number of hydrogen-bond acceptors (Lipinski definition) is 1. The van der Waals surface area contributed by atoms with Gasteiger partial charge in [-0.1, -0.05) is 19.1 Å². The molecule has 0 bridgehead atoms. The van der Waals surface area contributed by atoms with Gasteiger partial charge < -0.3 is 0 Å². The molecule has 1 saturated carbocycles. The molecule has 0 aliphatic heterocycles. The lowest BCUT2D eigenvalue weighted by Crippen LogP contribution is -2.34. The van der Waals surface area contributed by atoms with E-state index in [4.69, 9.17) is 0 Å². The molecule has 1 heteroatoms. The highest BCUT2D eigenvalue weighted by atomic mass is 16.1. The molecule has 0 spiro atoms. The van der Waals surface area contributed by atoms with Crippen LogP contribution >= 0.6 is 0 Å². The number of carbonyl (C=O) groups excluding carboxylic acids is 1. The molecule has 2 rings (SSSR count). The van der Waals surface area contributed by atoms with E-state index >= 15 is 0 Å². The van der Waals surface area contributed by atoms with Gasteiger partial charge in [0.15, 0.2) is 0 Å². The molecule has 66 valence electrons. The number of Topliss-reactive ketones (excluding diaryl/α,β-unsaturated/α-hetero) is 1. The molecule has 0 unspecified atom stereocenters. The van der Waals surface area contributed by atoms with Gasteiger partial charge in [-0.2, -0.15) is 0 Å². The van der Waals surface area contributed by atoms with Crippen molar-refractivity contribution in [1.29, 1.82) is 0 Å². The third kappa shape index (κ3) is 1.21. The Hall–Kier alpha value is -0.590. The molecule has 1 fully saturated rings. The molecule has 0 radical (unpaired) electrons. The summed E-state index contributed by atoms with van der Waals surface area (Å²) in [6.45, 7) is 2.31. The van der Waals surface area contributed by atoms with E-state index in [0.29, 0.717) is 17.1 Å². The summed E-state index contributed by atoms with van der Waals surface area (Å²) in [7, 11) is 0. The fourth-order valence-electron chi connectivity index (χ4n) is 2.52. The minimum Gasteiger partial charge on any atom is -0.300 e. The summed E-state index contributed by atoms with van der Waals surface area (Å²) in [5, 5.41) is 0. The Kier molecular flexibility index (Phi) is 1.82. The first-order chi connectivity index (χ1) is 5.71. The summed E-state index contributed by atoms with van der Waals surface area (Å²) in [6.07, 6.45) is 9.73. The van der Waals surface area contributed by atoms with E-state index in [1.54, 1.807) is 0 Å². The number of hydrogen-bond donors (Lipinski definition) is 0. The van der Waals surface area contributed by atoms with Gasteiger partial charge in [0.25, 0.3) is 0 Å². The average Bonchev–Trinajstić information content (AvgIpc) is 2.06. The van der Waals surface area contributed by atoms with Gasteiger partial charge in [0.2, 0.25) is 0 Å². The van der Waals surface area contributed by atoms with Crippen LogP contribution in [0.3, 0.4) is 0 Å². The van der Waals surface area contributed by atoms with Gasteiger partial charge in [0, 0.05) is 12.8 Å². The van der Waals surface area contributed by atoms with Crippen molar-refractivity contribution in [1.82, 2.24) is 0 Å². The van der Waals surface area contributed by atoms with Gasteiger partial charge in [-0.15, -0.1) is 0 Å². The lowest BCUT2D eigenvalue weighted by Gasteiger charge is -2.41. The molecule has 2 atom stereocenters. The van der Waals surface area contributed by atoms with Crippen molar-refractivity contribution in [3.8, 4) is 0 Å². The molecule has 12 heavy (non-hydrogen) atoms. The van der Waals surface area contributed by atoms with E-state index in [1.807, 2.05) is 0 Å². The molecule has 0 aromatic rings. The SMILES string of the molecule is C[C@]12C=CCC[C@H]1CC(=O)CC2. The van der Waals surface area contributed by atoms with E-state index in [0.717, 1.165) is 19.3 Å². The minimum atomic E-state index is 0.353. The van der Waals surface area contributed by atoms with Crippen LogP contribution in [0.4, 0.5) is 0 Å². The lowest BCUT2D eigenvalue weighted by molar-refractivity contribution is -0.124. The van der Waals surface area contributed by atoms with Gasteiger partial charge in [-0.3, -0.25) is 4.79 Å². The number of fused-ring (bicyclic) bond motifs is 1. The maximum absolute atomic E-state index is 11.2.